The fourth-order valence-electron chi connectivity index (χ4n) is 4.02. The predicted molar refractivity (Wildman–Crippen MR) is 155 cm³/mol. The molecule has 0 radical (unpaired) electrons. The largest absolute Gasteiger partial charge is 0.423 e. The molecular formula is C30H19N5O7. The molecule has 0 atom stereocenters. The van der Waals surface area contributed by atoms with Crippen molar-refractivity contribution in [2.45, 2.75) is 0 Å². The van der Waals surface area contributed by atoms with Gasteiger partial charge in [0.05, 0.1) is 27.0 Å². The van der Waals surface area contributed by atoms with Crippen molar-refractivity contribution in [1.82, 2.24) is 9.66 Å². The van der Waals surface area contributed by atoms with E-state index in [1.807, 2.05) is 6.07 Å². The fraction of sp³-hybridized carbons (Fsp3) is 0. The van der Waals surface area contributed by atoms with Gasteiger partial charge in [0.1, 0.15) is 5.75 Å². The molecule has 0 amide bonds. The van der Waals surface area contributed by atoms with Crippen LogP contribution in [-0.4, -0.2) is 31.7 Å². The number of fused-ring (bicyclic) bond motifs is 1. The van der Waals surface area contributed by atoms with Crippen molar-refractivity contribution in [2.75, 3.05) is 0 Å². The molecule has 0 fully saturated rings. The zero-order valence-corrected chi connectivity index (χ0v) is 21.6. The minimum absolute atomic E-state index is 0.0420. The number of nitro groups is 2. The molecule has 0 aliphatic carbocycles. The van der Waals surface area contributed by atoms with Crippen molar-refractivity contribution in [3.05, 3.63) is 145 Å². The topological polar surface area (TPSA) is 160 Å². The second-order valence-corrected chi connectivity index (χ2v) is 8.77. The average molecular weight is 562 g/mol. The number of carbonyl (C=O) groups is 1. The van der Waals surface area contributed by atoms with Gasteiger partial charge in [0.2, 0.25) is 0 Å². The van der Waals surface area contributed by atoms with E-state index in [1.54, 1.807) is 54.6 Å². The van der Waals surface area contributed by atoms with E-state index in [0.29, 0.717) is 22.0 Å². The summed E-state index contributed by atoms with van der Waals surface area (Å²) < 4.78 is 6.48. The lowest BCUT2D eigenvalue weighted by atomic mass is 10.2. The summed E-state index contributed by atoms with van der Waals surface area (Å²) in [5.74, 6) is -0.681. The molecule has 5 aromatic rings. The Kier molecular flexibility index (Phi) is 7.69. The Bertz CT molecular complexity index is 1970. The zero-order valence-electron chi connectivity index (χ0n) is 21.6. The maximum absolute atomic E-state index is 13.4. The average Bonchev–Trinajstić information content (AvgIpc) is 3.00. The van der Waals surface area contributed by atoms with Gasteiger partial charge in [-0.2, -0.15) is 9.78 Å². The summed E-state index contributed by atoms with van der Waals surface area (Å²) in [4.78, 5) is 51.9. The summed E-state index contributed by atoms with van der Waals surface area (Å²) >= 11 is 0. The second kappa shape index (κ2) is 11.8. The molecular weight excluding hydrogens is 542 g/mol. The van der Waals surface area contributed by atoms with Crippen molar-refractivity contribution in [3.8, 4) is 17.1 Å². The van der Waals surface area contributed by atoms with Crippen LogP contribution in [0.5, 0.6) is 5.75 Å². The minimum Gasteiger partial charge on any atom is -0.423 e. The summed E-state index contributed by atoms with van der Waals surface area (Å²) in [6, 6.07) is 24.9. The number of esters is 1. The summed E-state index contributed by atoms with van der Waals surface area (Å²) in [6.07, 6.45) is 3.57. The summed E-state index contributed by atoms with van der Waals surface area (Å²) in [6.45, 7) is 0. The lowest BCUT2D eigenvalue weighted by molar-refractivity contribution is -0.385. The van der Waals surface area contributed by atoms with Gasteiger partial charge in [-0.3, -0.25) is 25.0 Å². The first-order valence-electron chi connectivity index (χ1n) is 12.3. The Morgan fingerprint density at radius 1 is 0.857 bits per heavy atom. The van der Waals surface area contributed by atoms with E-state index < -0.39 is 21.4 Å². The standard InChI is InChI=1S/C30H19N5O7/c36-28(16-13-20-7-6-10-23(17-20)34(38)39)42-27-15-14-24(35(40)41)18-22(27)19-31-33-29(21-8-2-1-3-9-21)32-26-12-5-4-11-25(26)30(33)37/h1-19H/b16-13+,31-19?. The van der Waals surface area contributed by atoms with E-state index in [0.717, 1.165) is 22.9 Å². The Labute approximate surface area is 236 Å². The third-order valence-electron chi connectivity index (χ3n) is 6.01. The minimum atomic E-state index is -0.848. The number of benzene rings is 4. The third kappa shape index (κ3) is 5.97. The van der Waals surface area contributed by atoms with Crippen LogP contribution in [0.4, 0.5) is 11.4 Å². The number of nitro benzene ring substituents is 2. The number of rotatable bonds is 8. The number of aromatic nitrogens is 2. The van der Waals surface area contributed by atoms with Gasteiger partial charge in [-0.25, -0.2) is 9.78 Å². The molecule has 0 saturated carbocycles. The van der Waals surface area contributed by atoms with Crippen molar-refractivity contribution in [2.24, 2.45) is 5.10 Å². The lowest BCUT2D eigenvalue weighted by Gasteiger charge is -2.10. The first-order chi connectivity index (χ1) is 20.3. The predicted octanol–water partition coefficient (Wildman–Crippen LogP) is 5.38. The van der Waals surface area contributed by atoms with Gasteiger partial charge in [0, 0.05) is 41.5 Å². The number of carbonyl (C=O) groups excluding carboxylic acids is 1. The van der Waals surface area contributed by atoms with Gasteiger partial charge in [-0.1, -0.05) is 54.6 Å². The Morgan fingerprint density at radius 2 is 1.57 bits per heavy atom. The van der Waals surface area contributed by atoms with Crippen LogP contribution in [0.15, 0.2) is 113 Å². The molecule has 0 aliphatic heterocycles. The van der Waals surface area contributed by atoms with Gasteiger partial charge < -0.3 is 4.74 Å². The van der Waals surface area contributed by atoms with E-state index >= 15 is 0 Å². The van der Waals surface area contributed by atoms with Crippen molar-refractivity contribution >= 4 is 40.5 Å². The molecule has 0 spiro atoms. The molecule has 206 valence electrons. The molecule has 42 heavy (non-hydrogen) atoms. The zero-order chi connectivity index (χ0) is 29.6. The van der Waals surface area contributed by atoms with E-state index in [2.05, 4.69) is 10.1 Å². The van der Waals surface area contributed by atoms with Gasteiger partial charge in [-0.15, -0.1) is 0 Å². The second-order valence-electron chi connectivity index (χ2n) is 8.77. The number of para-hydroxylation sites is 1. The molecule has 1 aromatic heterocycles. The molecule has 0 unspecified atom stereocenters. The fourth-order valence-corrected chi connectivity index (χ4v) is 4.02. The van der Waals surface area contributed by atoms with Crippen molar-refractivity contribution < 1.29 is 19.4 Å². The van der Waals surface area contributed by atoms with Crippen LogP contribution in [0.25, 0.3) is 28.4 Å². The first kappa shape index (κ1) is 27.3. The monoisotopic (exact) mass is 561 g/mol. The highest BCUT2D eigenvalue weighted by molar-refractivity contribution is 5.92. The molecule has 0 saturated heterocycles. The summed E-state index contributed by atoms with van der Waals surface area (Å²) in [7, 11) is 0. The maximum Gasteiger partial charge on any atom is 0.336 e. The molecule has 5 rings (SSSR count). The first-order valence-corrected chi connectivity index (χ1v) is 12.3. The molecule has 0 bridgehead atoms. The SMILES string of the molecule is O=C(/C=C/c1cccc([N+](=O)[O-])c1)Oc1ccc([N+](=O)[O-])cc1C=Nn1c(-c2ccccc2)nc2ccccc2c1=O. The van der Waals surface area contributed by atoms with E-state index in [4.69, 9.17) is 4.74 Å². The highest BCUT2D eigenvalue weighted by Crippen LogP contribution is 2.24. The Hall–Kier alpha value is -6.30. The Morgan fingerprint density at radius 3 is 2.33 bits per heavy atom. The van der Waals surface area contributed by atoms with Crippen LogP contribution < -0.4 is 10.3 Å². The van der Waals surface area contributed by atoms with Crippen molar-refractivity contribution in [3.63, 3.8) is 0 Å². The van der Waals surface area contributed by atoms with Crippen molar-refractivity contribution in [1.29, 1.82) is 0 Å². The van der Waals surface area contributed by atoms with Crippen LogP contribution >= 0.6 is 0 Å². The van der Waals surface area contributed by atoms with Gasteiger partial charge in [0.25, 0.3) is 16.9 Å². The van der Waals surface area contributed by atoms with E-state index in [-0.39, 0.29) is 28.5 Å². The maximum atomic E-state index is 13.4. The van der Waals surface area contributed by atoms with Crippen LogP contribution in [0.2, 0.25) is 0 Å². The van der Waals surface area contributed by atoms with Gasteiger partial charge >= 0.3 is 5.97 Å². The number of hydrogen-bond donors (Lipinski definition) is 0. The summed E-state index contributed by atoms with van der Waals surface area (Å²) in [5.41, 5.74) is 0.592. The van der Waals surface area contributed by atoms with Gasteiger partial charge in [0.15, 0.2) is 5.82 Å². The van der Waals surface area contributed by atoms with E-state index in [1.165, 1.54) is 36.6 Å². The molecule has 0 N–H and O–H groups in total. The van der Waals surface area contributed by atoms with Crippen LogP contribution in [0.1, 0.15) is 11.1 Å². The normalized spacial score (nSPS) is 11.2. The number of non-ortho nitro benzene ring substituents is 2. The molecule has 1 heterocycles. The highest BCUT2D eigenvalue weighted by Gasteiger charge is 2.15. The molecule has 12 nitrogen and oxygen atoms in total. The number of nitrogens with zero attached hydrogens (tertiary/aromatic N) is 5. The number of hydrogen-bond acceptors (Lipinski definition) is 9. The third-order valence-corrected chi connectivity index (χ3v) is 6.01. The molecule has 0 aliphatic rings. The molecule has 12 heteroatoms. The van der Waals surface area contributed by atoms with E-state index in [9.17, 15) is 29.8 Å². The smallest absolute Gasteiger partial charge is 0.336 e. The van der Waals surface area contributed by atoms with Crippen LogP contribution in [-0.2, 0) is 4.79 Å². The summed E-state index contributed by atoms with van der Waals surface area (Å²) in [5, 5.41) is 27.1. The Balaban J connectivity index is 1.53. The lowest BCUT2D eigenvalue weighted by Crippen LogP contribution is -2.20. The molecule has 4 aromatic carbocycles. The number of ether oxygens (including phenoxy) is 1. The highest BCUT2D eigenvalue weighted by atomic mass is 16.6. The van der Waals surface area contributed by atoms with Crippen LogP contribution in [0.3, 0.4) is 0 Å². The quantitative estimate of drug-likeness (QED) is 0.0609. The van der Waals surface area contributed by atoms with Gasteiger partial charge in [-0.05, 0) is 29.8 Å². The van der Waals surface area contributed by atoms with Crippen LogP contribution in [0, 0.1) is 20.2 Å².